The number of carboxylic acids is 1. The largest absolute Gasteiger partial charge is 0.476 e. The van der Waals surface area contributed by atoms with Crippen molar-refractivity contribution in [2.45, 2.75) is 19.3 Å². The van der Waals surface area contributed by atoms with Crippen molar-refractivity contribution < 1.29 is 19.4 Å². The number of carboxylic acid groups (broad SMARTS) is 1. The van der Waals surface area contributed by atoms with E-state index in [0.29, 0.717) is 12.1 Å². The number of imidazole rings is 1. The number of H-pyrrole nitrogens is 1. The average molecular weight is 377 g/mol. The second kappa shape index (κ2) is 7.19. The first-order valence-electron chi connectivity index (χ1n) is 9.02. The summed E-state index contributed by atoms with van der Waals surface area (Å²) in [5.74, 6) is -1.13. The van der Waals surface area contributed by atoms with Crippen molar-refractivity contribution in [1.29, 1.82) is 0 Å². The Morgan fingerprint density at radius 3 is 2.25 bits per heavy atom. The quantitative estimate of drug-likeness (QED) is 0.623. The van der Waals surface area contributed by atoms with E-state index in [-0.39, 0.29) is 24.2 Å². The Morgan fingerprint density at radius 1 is 1.11 bits per heavy atom. The van der Waals surface area contributed by atoms with Crippen LogP contribution in [0, 0.1) is 0 Å². The standard InChI is InChI=1S/C21H19N3O4/c1-2-17-18(19(25)26)23-20(22-17)24-21(27)28-11-16-14-9-5-3-7-12(14)13-8-4-6-10-15(13)16/h3-10,16H,2,11H2,1H3,(H,25,26)(H2,22,23,24,27). The lowest BCUT2D eigenvalue weighted by molar-refractivity contribution is 0.0689. The van der Waals surface area contributed by atoms with E-state index in [9.17, 15) is 9.59 Å². The molecule has 0 aliphatic heterocycles. The average Bonchev–Trinajstić information content (AvgIpc) is 3.25. The first-order chi connectivity index (χ1) is 13.6. The number of fused-ring (bicyclic) bond motifs is 3. The van der Waals surface area contributed by atoms with E-state index in [1.54, 1.807) is 6.92 Å². The summed E-state index contributed by atoms with van der Waals surface area (Å²) in [6.07, 6.45) is -0.226. The van der Waals surface area contributed by atoms with E-state index < -0.39 is 12.1 Å². The summed E-state index contributed by atoms with van der Waals surface area (Å²) in [6.45, 7) is 1.98. The van der Waals surface area contributed by atoms with Gasteiger partial charge in [-0.25, -0.2) is 14.6 Å². The SMILES string of the molecule is CCc1[nH]c(NC(=O)OCC2c3ccccc3-c3ccccc32)nc1C(=O)O. The summed E-state index contributed by atoms with van der Waals surface area (Å²) in [5.41, 5.74) is 4.89. The lowest BCUT2D eigenvalue weighted by Crippen LogP contribution is -2.18. The van der Waals surface area contributed by atoms with Gasteiger partial charge in [-0.1, -0.05) is 55.5 Å². The first-order valence-corrected chi connectivity index (χ1v) is 9.02. The van der Waals surface area contributed by atoms with Crippen LogP contribution in [0.25, 0.3) is 11.1 Å². The number of amides is 1. The number of hydrogen-bond acceptors (Lipinski definition) is 4. The van der Waals surface area contributed by atoms with Gasteiger partial charge < -0.3 is 14.8 Å². The van der Waals surface area contributed by atoms with Crippen LogP contribution in [0.2, 0.25) is 0 Å². The van der Waals surface area contributed by atoms with E-state index in [0.717, 1.165) is 22.3 Å². The lowest BCUT2D eigenvalue weighted by Gasteiger charge is -2.14. The van der Waals surface area contributed by atoms with Gasteiger partial charge in [-0.05, 0) is 28.7 Å². The molecule has 0 bridgehead atoms. The normalized spacial score (nSPS) is 12.3. The summed E-state index contributed by atoms with van der Waals surface area (Å²) in [7, 11) is 0. The van der Waals surface area contributed by atoms with Gasteiger partial charge in [0.15, 0.2) is 5.69 Å². The number of hydrogen-bond donors (Lipinski definition) is 3. The number of carbonyl (C=O) groups excluding carboxylic acids is 1. The van der Waals surface area contributed by atoms with Crippen molar-refractivity contribution in [2.24, 2.45) is 0 Å². The Bertz CT molecular complexity index is 1010. The number of anilines is 1. The highest BCUT2D eigenvalue weighted by Crippen LogP contribution is 2.44. The summed E-state index contributed by atoms with van der Waals surface area (Å²) >= 11 is 0. The molecule has 4 rings (SSSR count). The molecule has 1 heterocycles. The number of ether oxygens (including phenoxy) is 1. The van der Waals surface area contributed by atoms with E-state index in [1.807, 2.05) is 36.4 Å². The van der Waals surface area contributed by atoms with Gasteiger partial charge in [-0.2, -0.15) is 0 Å². The zero-order valence-electron chi connectivity index (χ0n) is 15.2. The van der Waals surface area contributed by atoms with Crippen molar-refractivity contribution in [3.8, 4) is 11.1 Å². The highest BCUT2D eigenvalue weighted by atomic mass is 16.5. The van der Waals surface area contributed by atoms with Crippen LogP contribution in [0.15, 0.2) is 48.5 Å². The van der Waals surface area contributed by atoms with Gasteiger partial charge in [-0.15, -0.1) is 0 Å². The molecule has 0 radical (unpaired) electrons. The molecule has 7 nitrogen and oxygen atoms in total. The van der Waals surface area contributed by atoms with E-state index in [1.165, 1.54) is 0 Å². The monoisotopic (exact) mass is 377 g/mol. The van der Waals surface area contributed by atoms with Crippen LogP contribution in [0.3, 0.4) is 0 Å². The fourth-order valence-electron chi connectivity index (χ4n) is 3.63. The molecule has 1 amide bonds. The zero-order chi connectivity index (χ0) is 19.7. The summed E-state index contributed by atoms with van der Waals surface area (Å²) in [6, 6.07) is 16.1. The highest BCUT2D eigenvalue weighted by molar-refractivity contribution is 5.89. The Kier molecular flexibility index (Phi) is 4.57. The van der Waals surface area contributed by atoms with Gasteiger partial charge in [-0.3, -0.25) is 5.32 Å². The molecular formula is C21H19N3O4. The van der Waals surface area contributed by atoms with Crippen LogP contribution >= 0.6 is 0 Å². The topological polar surface area (TPSA) is 104 Å². The van der Waals surface area contributed by atoms with E-state index in [2.05, 4.69) is 27.4 Å². The van der Waals surface area contributed by atoms with Crippen LogP contribution in [0.4, 0.5) is 10.7 Å². The molecule has 142 valence electrons. The third kappa shape index (κ3) is 3.11. The van der Waals surface area contributed by atoms with E-state index in [4.69, 9.17) is 9.84 Å². The number of aromatic amines is 1. The summed E-state index contributed by atoms with van der Waals surface area (Å²) in [5, 5.41) is 11.6. The van der Waals surface area contributed by atoms with Crippen LogP contribution in [0.1, 0.15) is 40.2 Å². The number of aromatic nitrogens is 2. The minimum atomic E-state index is -1.14. The Labute approximate surface area is 161 Å². The van der Waals surface area contributed by atoms with Crippen LogP contribution in [0.5, 0.6) is 0 Å². The van der Waals surface area contributed by atoms with Gasteiger partial charge in [0.05, 0.1) is 5.69 Å². The summed E-state index contributed by atoms with van der Waals surface area (Å²) in [4.78, 5) is 30.1. The molecule has 0 unspecified atom stereocenters. The molecule has 0 fully saturated rings. The maximum atomic E-state index is 12.2. The zero-order valence-corrected chi connectivity index (χ0v) is 15.2. The fraction of sp³-hybridized carbons (Fsp3) is 0.190. The number of aryl methyl sites for hydroxylation is 1. The van der Waals surface area contributed by atoms with Gasteiger partial charge in [0.2, 0.25) is 5.95 Å². The lowest BCUT2D eigenvalue weighted by atomic mass is 9.98. The van der Waals surface area contributed by atoms with Crippen molar-refractivity contribution in [2.75, 3.05) is 11.9 Å². The molecule has 3 aromatic rings. The van der Waals surface area contributed by atoms with Crippen molar-refractivity contribution >= 4 is 18.0 Å². The Hall–Kier alpha value is -3.61. The highest BCUT2D eigenvalue weighted by Gasteiger charge is 2.29. The third-order valence-electron chi connectivity index (χ3n) is 4.90. The predicted octanol–water partition coefficient (Wildman–Crippen LogP) is 4.03. The molecule has 28 heavy (non-hydrogen) atoms. The van der Waals surface area contributed by atoms with Gasteiger partial charge in [0.1, 0.15) is 6.61 Å². The number of aromatic carboxylic acids is 1. The molecule has 0 saturated carbocycles. The van der Waals surface area contributed by atoms with Crippen LogP contribution < -0.4 is 5.32 Å². The second-order valence-electron chi connectivity index (χ2n) is 6.52. The van der Waals surface area contributed by atoms with Crippen LogP contribution in [-0.2, 0) is 11.2 Å². The number of rotatable bonds is 5. The van der Waals surface area contributed by atoms with Crippen molar-refractivity contribution in [1.82, 2.24) is 9.97 Å². The Morgan fingerprint density at radius 2 is 1.71 bits per heavy atom. The molecule has 7 heteroatoms. The van der Waals surface area contributed by atoms with Crippen molar-refractivity contribution in [3.63, 3.8) is 0 Å². The maximum Gasteiger partial charge on any atom is 0.414 e. The van der Waals surface area contributed by atoms with Gasteiger partial charge in [0.25, 0.3) is 0 Å². The molecular weight excluding hydrogens is 358 g/mol. The minimum Gasteiger partial charge on any atom is -0.476 e. The molecule has 1 aromatic heterocycles. The predicted molar refractivity (Wildman–Crippen MR) is 104 cm³/mol. The van der Waals surface area contributed by atoms with Gasteiger partial charge in [0, 0.05) is 5.92 Å². The fourth-order valence-corrected chi connectivity index (χ4v) is 3.63. The molecule has 3 N–H and O–H groups in total. The van der Waals surface area contributed by atoms with Gasteiger partial charge >= 0.3 is 12.1 Å². The molecule has 1 aliphatic rings. The van der Waals surface area contributed by atoms with E-state index >= 15 is 0 Å². The molecule has 0 spiro atoms. The molecule has 0 atom stereocenters. The minimum absolute atomic E-state index is 0.0458. The molecule has 1 aliphatic carbocycles. The van der Waals surface area contributed by atoms with Crippen LogP contribution in [-0.4, -0.2) is 33.7 Å². The maximum absolute atomic E-state index is 12.2. The number of carbonyl (C=O) groups is 2. The summed E-state index contributed by atoms with van der Waals surface area (Å²) < 4.78 is 5.43. The number of nitrogens with zero attached hydrogens (tertiary/aromatic N) is 1. The smallest absolute Gasteiger partial charge is 0.414 e. The molecule has 0 saturated heterocycles. The Balaban J connectivity index is 1.48. The molecule has 2 aromatic carbocycles. The first kappa shape index (κ1) is 17.8. The number of benzene rings is 2. The second-order valence-corrected chi connectivity index (χ2v) is 6.52. The third-order valence-corrected chi connectivity index (χ3v) is 4.90. The van der Waals surface area contributed by atoms with Crippen molar-refractivity contribution in [3.05, 3.63) is 71.0 Å². The number of nitrogens with one attached hydrogen (secondary N) is 2.